The molecule has 0 fully saturated rings. The molecule has 0 amide bonds. The fraction of sp³-hybridized carbons (Fsp3) is 1.00. The van der Waals surface area contributed by atoms with E-state index < -0.39 is 0 Å². The Labute approximate surface area is 59.0 Å². The fourth-order valence-electron chi connectivity index (χ4n) is 0.204. The zero-order valence-corrected chi connectivity index (χ0v) is 8.21. The third-order valence-corrected chi connectivity index (χ3v) is 0.966. The average molecular weight is 220 g/mol. The van der Waals surface area contributed by atoms with Gasteiger partial charge in [-0.3, -0.25) is 0 Å². The van der Waals surface area contributed by atoms with Crippen LogP contribution >= 0.6 is 9.24 Å². The Balaban J connectivity index is 0. The molecule has 2 heteroatoms. The van der Waals surface area contributed by atoms with Crippen molar-refractivity contribution < 1.29 is 0 Å². The van der Waals surface area contributed by atoms with Crippen molar-refractivity contribution in [1.29, 1.82) is 0 Å². The van der Waals surface area contributed by atoms with Crippen molar-refractivity contribution in [3.63, 3.8) is 0 Å². The molecule has 0 aromatic rings. The second-order valence-corrected chi connectivity index (χ2v) is 1.72. The van der Waals surface area contributed by atoms with E-state index in [-0.39, 0.29) is 23.7 Å². The molecule has 0 N–H and O–H groups in total. The molecule has 0 aromatic heterocycles. The van der Waals surface area contributed by atoms with Crippen molar-refractivity contribution in [2.24, 2.45) is 0 Å². The van der Waals surface area contributed by atoms with Crippen LogP contribution in [-0.2, 0) is 0 Å². The normalized spacial score (nSPS) is 7.00. The van der Waals surface area contributed by atoms with E-state index in [1.54, 1.807) is 0 Å². The maximum absolute atomic E-state index is 2.70. The van der Waals surface area contributed by atoms with Crippen LogP contribution in [0.4, 0.5) is 0 Å². The summed E-state index contributed by atoms with van der Waals surface area (Å²) < 4.78 is 0. The quantitative estimate of drug-likeness (QED) is 0.475. The van der Waals surface area contributed by atoms with Crippen LogP contribution in [0, 0.1) is 0 Å². The Kier molecular flexibility index (Phi) is 16.3. The van der Waals surface area contributed by atoms with Gasteiger partial charge in [0.25, 0.3) is 0 Å². The summed E-state index contributed by atoms with van der Waals surface area (Å²) in [6, 6.07) is 0. The van der Waals surface area contributed by atoms with E-state index in [0.29, 0.717) is 0 Å². The van der Waals surface area contributed by atoms with Crippen LogP contribution in [0.3, 0.4) is 0 Å². The van der Waals surface area contributed by atoms with Crippen molar-refractivity contribution in [3.05, 3.63) is 0 Å². The van der Waals surface area contributed by atoms with Gasteiger partial charge in [0.05, 0.1) is 0 Å². The predicted molar refractivity (Wildman–Crippen MR) is 38.0 cm³/mol. The van der Waals surface area contributed by atoms with Crippen LogP contribution in [0.5, 0.6) is 0 Å². The number of unbranched alkanes of at least 4 members (excludes halogenated alkanes) is 1. The van der Waals surface area contributed by atoms with Crippen LogP contribution in [-0.4, -0.2) is 29.8 Å². The molecule has 0 saturated carbocycles. The molecule has 0 aliphatic rings. The minimum atomic E-state index is 0. The molecule has 0 spiro atoms. The zero-order chi connectivity index (χ0) is 4.12. The molecule has 0 heterocycles. The SMILES string of the molecule is CCCCP.[TeH2]. The van der Waals surface area contributed by atoms with Gasteiger partial charge in [0.2, 0.25) is 0 Å². The van der Waals surface area contributed by atoms with Gasteiger partial charge in [-0.05, 0) is 6.16 Å². The Morgan fingerprint density at radius 1 is 1.50 bits per heavy atom. The van der Waals surface area contributed by atoms with Gasteiger partial charge in [-0.2, -0.15) is 0 Å². The van der Waals surface area contributed by atoms with E-state index in [2.05, 4.69) is 16.2 Å². The van der Waals surface area contributed by atoms with Crippen molar-refractivity contribution in [3.8, 4) is 0 Å². The summed E-state index contributed by atoms with van der Waals surface area (Å²) in [5.74, 6) is 0. The summed E-state index contributed by atoms with van der Waals surface area (Å²) in [4.78, 5) is 0. The van der Waals surface area contributed by atoms with Gasteiger partial charge < -0.3 is 0 Å². The second-order valence-electron chi connectivity index (χ2n) is 1.14. The Morgan fingerprint density at radius 3 is 2.00 bits per heavy atom. The number of hydrogen-bond donors (Lipinski definition) is 0. The summed E-state index contributed by atoms with van der Waals surface area (Å²) >= 11 is 0. The standard InChI is InChI=1S/C4H11P.H2Te/c1-2-3-4-5;/h2-5H2,1H3;1H2. The monoisotopic (exact) mass is 222 g/mol. The molecule has 0 bridgehead atoms. The van der Waals surface area contributed by atoms with Gasteiger partial charge in [-0.15, -0.1) is 9.24 Å². The van der Waals surface area contributed by atoms with Crippen molar-refractivity contribution in [1.82, 2.24) is 0 Å². The third-order valence-electron chi connectivity index (χ3n) is 0.558. The second kappa shape index (κ2) is 9.52. The zero-order valence-electron chi connectivity index (χ0n) is 4.20. The Hall–Kier alpha value is 1.22. The Morgan fingerprint density at radius 2 is 2.00 bits per heavy atom. The van der Waals surface area contributed by atoms with Crippen molar-refractivity contribution in [2.75, 3.05) is 6.16 Å². The first kappa shape index (κ1) is 10.3. The van der Waals surface area contributed by atoms with E-state index >= 15 is 0 Å². The van der Waals surface area contributed by atoms with Gasteiger partial charge >= 0.3 is 23.7 Å². The Bertz CT molecular complexity index is 15.0. The average Bonchev–Trinajstić information content (AvgIpc) is 1.41. The number of hydrogen-bond acceptors (Lipinski definition) is 0. The fourth-order valence-corrected chi connectivity index (χ4v) is 0.612. The molecule has 0 aliphatic heterocycles. The maximum atomic E-state index is 2.70. The molecule has 6 heavy (non-hydrogen) atoms. The van der Waals surface area contributed by atoms with Crippen LogP contribution in [0.25, 0.3) is 0 Å². The van der Waals surface area contributed by atoms with E-state index in [1.807, 2.05) is 0 Å². The first-order valence-corrected chi connectivity index (χ1v) is 2.93. The molecular weight excluding hydrogens is 207 g/mol. The first-order valence-electron chi connectivity index (χ1n) is 2.12. The first-order chi connectivity index (χ1) is 2.41. The van der Waals surface area contributed by atoms with E-state index in [0.717, 1.165) is 0 Å². The van der Waals surface area contributed by atoms with E-state index in [1.165, 1.54) is 19.0 Å². The van der Waals surface area contributed by atoms with Gasteiger partial charge in [0.1, 0.15) is 0 Å². The molecule has 0 aliphatic carbocycles. The summed E-state index contributed by atoms with van der Waals surface area (Å²) in [6.07, 6.45) is 3.94. The molecule has 0 rings (SSSR count). The van der Waals surface area contributed by atoms with Gasteiger partial charge in [0, 0.05) is 0 Å². The van der Waals surface area contributed by atoms with E-state index in [4.69, 9.17) is 0 Å². The molecule has 1 atom stereocenters. The summed E-state index contributed by atoms with van der Waals surface area (Å²) in [7, 11) is 2.70. The van der Waals surface area contributed by atoms with Gasteiger partial charge in [-0.25, -0.2) is 0 Å². The topological polar surface area (TPSA) is 0 Å². The summed E-state index contributed by atoms with van der Waals surface area (Å²) in [5, 5.41) is 0. The van der Waals surface area contributed by atoms with Crippen molar-refractivity contribution >= 4 is 32.9 Å². The van der Waals surface area contributed by atoms with E-state index in [9.17, 15) is 0 Å². The van der Waals surface area contributed by atoms with Crippen LogP contribution in [0.15, 0.2) is 0 Å². The van der Waals surface area contributed by atoms with Crippen molar-refractivity contribution in [2.45, 2.75) is 19.8 Å². The van der Waals surface area contributed by atoms with Crippen LogP contribution < -0.4 is 0 Å². The summed E-state index contributed by atoms with van der Waals surface area (Å²) in [5.41, 5.74) is 0. The van der Waals surface area contributed by atoms with Crippen LogP contribution in [0.1, 0.15) is 19.8 Å². The molecule has 0 nitrogen and oxygen atoms in total. The summed E-state index contributed by atoms with van der Waals surface area (Å²) in [6.45, 7) is 2.20. The number of rotatable bonds is 2. The molecule has 40 valence electrons. The predicted octanol–water partition coefficient (Wildman–Crippen LogP) is 0.745. The molecular formula is C4H13PTe. The van der Waals surface area contributed by atoms with Gasteiger partial charge in [-0.1, -0.05) is 19.8 Å². The van der Waals surface area contributed by atoms with Crippen LogP contribution in [0.2, 0.25) is 0 Å². The third kappa shape index (κ3) is 8.97. The van der Waals surface area contributed by atoms with Gasteiger partial charge in [0.15, 0.2) is 0 Å². The molecule has 0 saturated heterocycles. The molecule has 0 radical (unpaired) electrons. The molecule has 1 unspecified atom stereocenters. The molecule has 0 aromatic carbocycles. The minimum absolute atomic E-state index is 0.